The van der Waals surface area contributed by atoms with Crippen LogP contribution in [0.15, 0.2) is 18.2 Å². The van der Waals surface area contributed by atoms with Crippen LogP contribution in [0.3, 0.4) is 0 Å². The predicted molar refractivity (Wildman–Crippen MR) is 84.0 cm³/mol. The molecule has 3 rings (SSSR count). The molecule has 0 spiro atoms. The predicted octanol–water partition coefficient (Wildman–Crippen LogP) is 1.41. The summed E-state index contributed by atoms with van der Waals surface area (Å²) >= 11 is 0. The molecule has 0 aliphatic carbocycles. The van der Waals surface area contributed by atoms with Crippen molar-refractivity contribution >= 4 is 11.6 Å². The van der Waals surface area contributed by atoms with Gasteiger partial charge in [0, 0.05) is 30.9 Å². The van der Waals surface area contributed by atoms with Crippen molar-refractivity contribution in [3.8, 4) is 11.5 Å². The monoisotopic (exact) mass is 305 g/mol. The summed E-state index contributed by atoms with van der Waals surface area (Å²) in [5.74, 6) is 1.36. The van der Waals surface area contributed by atoms with Crippen molar-refractivity contribution in [3.63, 3.8) is 0 Å². The molecular formula is C16H23N3O3. The molecule has 1 saturated heterocycles. The van der Waals surface area contributed by atoms with Gasteiger partial charge < -0.3 is 20.5 Å². The number of likely N-dealkylation sites (tertiary alicyclic amines) is 1. The molecule has 0 bridgehead atoms. The first-order valence-corrected chi connectivity index (χ1v) is 7.61. The number of nitrogens with one attached hydrogen (secondary N) is 1. The third-order valence-electron chi connectivity index (χ3n) is 4.41. The first-order valence-electron chi connectivity index (χ1n) is 7.61. The highest BCUT2D eigenvalue weighted by molar-refractivity contribution is 5.92. The first kappa shape index (κ1) is 15.1. The van der Waals surface area contributed by atoms with E-state index in [4.69, 9.17) is 15.2 Å². The largest absolute Gasteiger partial charge is 0.454 e. The summed E-state index contributed by atoms with van der Waals surface area (Å²) in [4.78, 5) is 14.4. The van der Waals surface area contributed by atoms with E-state index in [-0.39, 0.29) is 24.2 Å². The molecule has 1 aromatic rings. The lowest BCUT2D eigenvalue weighted by atomic mass is 9.80. The molecule has 0 aromatic heterocycles. The Hall–Kier alpha value is -1.79. The van der Waals surface area contributed by atoms with Gasteiger partial charge in [-0.25, -0.2) is 0 Å². The normalized spacial score (nSPS) is 23.3. The number of benzene rings is 1. The van der Waals surface area contributed by atoms with E-state index in [9.17, 15) is 4.79 Å². The van der Waals surface area contributed by atoms with Gasteiger partial charge in [-0.2, -0.15) is 0 Å². The van der Waals surface area contributed by atoms with E-state index >= 15 is 0 Å². The highest BCUT2D eigenvalue weighted by Gasteiger charge is 2.33. The van der Waals surface area contributed by atoms with E-state index in [1.165, 1.54) is 0 Å². The quantitative estimate of drug-likeness (QED) is 0.883. The summed E-state index contributed by atoms with van der Waals surface area (Å²) in [6.45, 7) is 6.61. The van der Waals surface area contributed by atoms with Gasteiger partial charge >= 0.3 is 0 Å². The number of anilines is 1. The van der Waals surface area contributed by atoms with Gasteiger partial charge in [0.05, 0.1) is 6.54 Å². The number of amides is 1. The molecule has 2 heterocycles. The second-order valence-electron chi connectivity index (χ2n) is 6.71. The molecule has 1 fully saturated rings. The molecule has 2 aliphatic heterocycles. The number of piperidine rings is 1. The number of nitrogens with two attached hydrogens (primary N) is 1. The van der Waals surface area contributed by atoms with Gasteiger partial charge in [0.2, 0.25) is 12.7 Å². The number of nitrogens with zero attached hydrogens (tertiary/aromatic N) is 1. The second-order valence-corrected chi connectivity index (χ2v) is 6.71. The van der Waals surface area contributed by atoms with Crippen molar-refractivity contribution in [2.75, 3.05) is 31.7 Å². The molecule has 0 radical (unpaired) electrons. The number of carbonyl (C=O) groups excluding carboxylic acids is 1. The Morgan fingerprint density at radius 1 is 1.41 bits per heavy atom. The average molecular weight is 305 g/mol. The zero-order valence-electron chi connectivity index (χ0n) is 13.1. The molecule has 6 heteroatoms. The topological polar surface area (TPSA) is 76.8 Å². The van der Waals surface area contributed by atoms with Crippen LogP contribution < -0.4 is 20.5 Å². The third kappa shape index (κ3) is 3.18. The van der Waals surface area contributed by atoms with Crippen LogP contribution in [0.5, 0.6) is 11.5 Å². The number of fused-ring (bicyclic) bond motifs is 1. The molecule has 1 amide bonds. The maximum absolute atomic E-state index is 12.2. The number of rotatable bonds is 3. The lowest BCUT2D eigenvalue weighted by Gasteiger charge is -2.42. The number of carbonyl (C=O) groups is 1. The molecule has 120 valence electrons. The van der Waals surface area contributed by atoms with E-state index in [2.05, 4.69) is 24.1 Å². The maximum atomic E-state index is 12.2. The van der Waals surface area contributed by atoms with Gasteiger partial charge in [-0.3, -0.25) is 9.69 Å². The first-order chi connectivity index (χ1) is 10.4. The Balaban J connectivity index is 1.57. The van der Waals surface area contributed by atoms with E-state index < -0.39 is 0 Å². The zero-order chi connectivity index (χ0) is 15.7. The van der Waals surface area contributed by atoms with Crippen molar-refractivity contribution in [1.82, 2.24) is 4.90 Å². The number of hydrogen-bond donors (Lipinski definition) is 2. The third-order valence-corrected chi connectivity index (χ3v) is 4.41. The van der Waals surface area contributed by atoms with Crippen LogP contribution in [-0.2, 0) is 4.79 Å². The number of hydrogen-bond acceptors (Lipinski definition) is 5. The van der Waals surface area contributed by atoms with E-state index in [0.29, 0.717) is 18.0 Å². The van der Waals surface area contributed by atoms with Crippen LogP contribution in [0.2, 0.25) is 0 Å². The minimum absolute atomic E-state index is 0.0230. The van der Waals surface area contributed by atoms with Gasteiger partial charge in [0.25, 0.3) is 0 Å². The molecule has 22 heavy (non-hydrogen) atoms. The molecule has 6 nitrogen and oxygen atoms in total. The van der Waals surface area contributed by atoms with Gasteiger partial charge in [0.1, 0.15) is 0 Å². The van der Waals surface area contributed by atoms with Crippen molar-refractivity contribution in [1.29, 1.82) is 0 Å². The fraction of sp³-hybridized carbons (Fsp3) is 0.562. The van der Waals surface area contributed by atoms with Crippen molar-refractivity contribution in [2.24, 2.45) is 11.1 Å². The molecule has 0 saturated carbocycles. The van der Waals surface area contributed by atoms with Gasteiger partial charge in [-0.15, -0.1) is 0 Å². The van der Waals surface area contributed by atoms with Crippen LogP contribution in [-0.4, -0.2) is 43.3 Å². The summed E-state index contributed by atoms with van der Waals surface area (Å²) in [6, 6.07) is 5.61. The van der Waals surface area contributed by atoms with Crippen molar-refractivity contribution in [3.05, 3.63) is 18.2 Å². The maximum Gasteiger partial charge on any atom is 0.238 e. The molecule has 1 atom stereocenters. The van der Waals surface area contributed by atoms with Gasteiger partial charge in [-0.1, -0.05) is 13.8 Å². The standard InChI is InChI=1S/C16H23N3O3/c1-16(2)9-19(6-5-14(16)17)8-15(20)18-11-3-4-12-13(7-11)22-10-21-12/h3-4,7,14H,5-6,8-10,17H2,1-2H3,(H,18,20). The van der Waals surface area contributed by atoms with Crippen LogP contribution in [0.1, 0.15) is 20.3 Å². The van der Waals surface area contributed by atoms with Crippen LogP contribution in [0.4, 0.5) is 5.69 Å². The summed E-state index contributed by atoms with van der Waals surface area (Å²) in [6.07, 6.45) is 0.921. The lowest BCUT2D eigenvalue weighted by molar-refractivity contribution is -0.118. The summed E-state index contributed by atoms with van der Waals surface area (Å²) < 4.78 is 10.6. The Morgan fingerprint density at radius 2 is 2.18 bits per heavy atom. The molecule has 1 aromatic carbocycles. The SMILES string of the molecule is CC1(C)CN(CC(=O)Nc2ccc3c(c2)OCO3)CCC1N. The Bertz CT molecular complexity index is 574. The smallest absolute Gasteiger partial charge is 0.238 e. The number of ether oxygens (including phenoxy) is 2. The minimum atomic E-state index is -0.0230. The summed E-state index contributed by atoms with van der Waals surface area (Å²) in [5, 5.41) is 2.91. The van der Waals surface area contributed by atoms with Crippen molar-refractivity contribution < 1.29 is 14.3 Å². The summed E-state index contributed by atoms with van der Waals surface area (Å²) in [7, 11) is 0. The molecule has 2 aliphatic rings. The average Bonchev–Trinajstić information content (AvgIpc) is 2.90. The molecular weight excluding hydrogens is 282 g/mol. The second kappa shape index (κ2) is 5.78. The zero-order valence-corrected chi connectivity index (χ0v) is 13.1. The highest BCUT2D eigenvalue weighted by Crippen LogP contribution is 2.34. The minimum Gasteiger partial charge on any atom is -0.454 e. The Kier molecular flexibility index (Phi) is 3.97. The van der Waals surface area contributed by atoms with Crippen LogP contribution >= 0.6 is 0 Å². The lowest BCUT2D eigenvalue weighted by Crippen LogP contribution is -2.53. The Morgan fingerprint density at radius 3 is 2.95 bits per heavy atom. The fourth-order valence-electron chi connectivity index (χ4n) is 3.00. The van der Waals surface area contributed by atoms with Gasteiger partial charge in [0.15, 0.2) is 11.5 Å². The Labute approximate surface area is 130 Å². The molecule has 1 unspecified atom stereocenters. The summed E-state index contributed by atoms with van der Waals surface area (Å²) in [5.41, 5.74) is 6.89. The van der Waals surface area contributed by atoms with Crippen LogP contribution in [0.25, 0.3) is 0 Å². The van der Waals surface area contributed by atoms with Crippen molar-refractivity contribution in [2.45, 2.75) is 26.3 Å². The van der Waals surface area contributed by atoms with Crippen LogP contribution in [0, 0.1) is 5.41 Å². The molecule has 3 N–H and O–H groups in total. The van der Waals surface area contributed by atoms with Gasteiger partial charge in [-0.05, 0) is 24.0 Å². The van der Waals surface area contributed by atoms with E-state index in [1.54, 1.807) is 12.1 Å². The highest BCUT2D eigenvalue weighted by atomic mass is 16.7. The van der Waals surface area contributed by atoms with E-state index in [1.807, 2.05) is 6.07 Å². The van der Waals surface area contributed by atoms with E-state index in [0.717, 1.165) is 25.2 Å². The fourth-order valence-corrected chi connectivity index (χ4v) is 3.00.